The molecule has 2 nitrogen and oxygen atoms in total. The fourth-order valence-electron chi connectivity index (χ4n) is 8.22. The van der Waals surface area contributed by atoms with Crippen LogP contribution in [0.3, 0.4) is 0 Å². The van der Waals surface area contributed by atoms with E-state index in [0.29, 0.717) is 10.3 Å². The monoisotopic (exact) mass is 544 g/mol. The number of fused-ring (bicyclic) bond motifs is 2. The van der Waals surface area contributed by atoms with Gasteiger partial charge in [0.15, 0.2) is 10.3 Å². The molecule has 3 aromatic rings. The third-order valence-electron chi connectivity index (χ3n) is 10.9. The van der Waals surface area contributed by atoms with Crippen LogP contribution in [0.4, 0.5) is 0 Å². The predicted octanol–water partition coefficient (Wildman–Crippen LogP) is 9.47. The number of hydrogen-bond donors (Lipinski definition) is 0. The summed E-state index contributed by atoms with van der Waals surface area (Å²) < 4.78 is 0. The number of rotatable bonds is 0. The number of aromatic nitrogens is 2. The molecule has 8 rings (SSSR count). The summed E-state index contributed by atoms with van der Waals surface area (Å²) in [6.07, 6.45) is 4.79. The first kappa shape index (κ1) is 25.1. The number of benzene rings is 2. The van der Waals surface area contributed by atoms with Crippen LogP contribution in [0.25, 0.3) is 0 Å². The molecule has 0 spiro atoms. The topological polar surface area (TPSA) is 25.8 Å². The highest BCUT2D eigenvalue weighted by Crippen LogP contribution is 2.62. The zero-order valence-corrected chi connectivity index (χ0v) is 25.5. The van der Waals surface area contributed by atoms with Gasteiger partial charge in [-0.2, -0.15) is 0 Å². The molecule has 5 aliphatic carbocycles. The van der Waals surface area contributed by atoms with Crippen molar-refractivity contribution in [3.8, 4) is 0 Å². The summed E-state index contributed by atoms with van der Waals surface area (Å²) >= 11 is 13.8. The van der Waals surface area contributed by atoms with Crippen LogP contribution >= 0.6 is 23.2 Å². The molecule has 2 bridgehead atoms. The fraction of sp³-hybridized carbons (Fsp3) is 0.529. The van der Waals surface area contributed by atoms with Crippen LogP contribution in [-0.2, 0) is 21.7 Å². The zero-order valence-electron chi connectivity index (χ0n) is 23.9. The summed E-state index contributed by atoms with van der Waals surface area (Å²) in [5.41, 5.74) is 14.2. The third-order valence-corrected chi connectivity index (χ3v) is 11.5. The molecule has 0 radical (unpaired) electrons. The summed E-state index contributed by atoms with van der Waals surface area (Å²) in [4.78, 5) is 0. The molecule has 4 heteroatoms. The Morgan fingerprint density at radius 1 is 0.500 bits per heavy atom. The molecule has 0 fully saturated rings. The number of nitrogens with zero attached hydrogens (tertiary/aromatic N) is 2. The molecule has 0 saturated carbocycles. The Kier molecular flexibility index (Phi) is 4.91. The van der Waals surface area contributed by atoms with E-state index in [2.05, 4.69) is 89.9 Å². The van der Waals surface area contributed by atoms with Crippen LogP contribution in [-0.4, -0.2) is 10.2 Å². The van der Waals surface area contributed by atoms with E-state index in [0.717, 1.165) is 11.1 Å². The summed E-state index contributed by atoms with van der Waals surface area (Å²) in [6, 6.07) is 10.1. The van der Waals surface area contributed by atoms with Crippen LogP contribution in [0, 0.1) is 0 Å². The summed E-state index contributed by atoms with van der Waals surface area (Å²) in [5.74, 6) is 0.0514. The Hall–Kier alpha value is -1.90. The zero-order chi connectivity index (χ0) is 27.2. The highest BCUT2D eigenvalue weighted by atomic mass is 35.5. The van der Waals surface area contributed by atoms with E-state index in [1.807, 2.05) is 0 Å². The first-order chi connectivity index (χ1) is 17.6. The van der Waals surface area contributed by atoms with E-state index in [9.17, 15) is 0 Å². The maximum absolute atomic E-state index is 6.90. The molecule has 0 aliphatic heterocycles. The standard InChI is InChI=1S/C34H38Cl2N2/c1-31(2)9-10-32(3,4)22-14-18-17(13-21(22)31)25-19-15-23-24(34(7,8)12-11-33(23,5)6)16-20(19)26(18)28-27(25)29(35)37-38-30(28)36/h13-16,25-26H,9-12H2,1-8H3. The van der Waals surface area contributed by atoms with Gasteiger partial charge in [0.2, 0.25) is 0 Å². The second-order valence-electron chi connectivity index (χ2n) is 15.1. The Labute approximate surface area is 237 Å². The van der Waals surface area contributed by atoms with Gasteiger partial charge in [-0.25, -0.2) is 0 Å². The van der Waals surface area contributed by atoms with Gasteiger partial charge < -0.3 is 0 Å². The molecule has 5 aliphatic rings. The Bertz CT molecular complexity index is 1360. The molecule has 2 aromatic carbocycles. The lowest BCUT2D eigenvalue weighted by Gasteiger charge is -2.49. The molecule has 0 saturated heterocycles. The van der Waals surface area contributed by atoms with Gasteiger partial charge in [0, 0.05) is 23.0 Å². The van der Waals surface area contributed by atoms with Crippen LogP contribution in [0.1, 0.15) is 149 Å². The van der Waals surface area contributed by atoms with E-state index in [1.54, 1.807) is 0 Å². The van der Waals surface area contributed by atoms with Gasteiger partial charge in [-0.15, -0.1) is 10.2 Å². The van der Waals surface area contributed by atoms with Gasteiger partial charge in [-0.3, -0.25) is 0 Å². The van der Waals surface area contributed by atoms with Gasteiger partial charge in [0.1, 0.15) is 0 Å². The van der Waals surface area contributed by atoms with Crippen LogP contribution in [0.15, 0.2) is 24.3 Å². The molecular weight excluding hydrogens is 507 g/mol. The fourth-order valence-corrected chi connectivity index (χ4v) is 8.72. The second kappa shape index (κ2) is 7.43. The molecule has 38 heavy (non-hydrogen) atoms. The summed E-state index contributed by atoms with van der Waals surface area (Å²) in [7, 11) is 0. The second-order valence-corrected chi connectivity index (χ2v) is 15.8. The quantitative estimate of drug-likeness (QED) is 0.194. The van der Waals surface area contributed by atoms with Gasteiger partial charge in [-0.05, 0) is 91.9 Å². The van der Waals surface area contributed by atoms with Crippen molar-refractivity contribution in [1.29, 1.82) is 0 Å². The molecule has 1 heterocycles. The van der Waals surface area contributed by atoms with Gasteiger partial charge in [0.05, 0.1) is 0 Å². The van der Waals surface area contributed by atoms with Crippen molar-refractivity contribution in [1.82, 2.24) is 10.2 Å². The minimum Gasteiger partial charge on any atom is -0.137 e. The van der Waals surface area contributed by atoms with Crippen LogP contribution in [0.5, 0.6) is 0 Å². The SMILES string of the molecule is CC1(C)CCC(C)(C)c2cc3c(cc21)C1c2cc4c(cc2C3c2c(Cl)nnc(Cl)c21)C(C)(C)CCC4(C)C. The Morgan fingerprint density at radius 2 is 0.737 bits per heavy atom. The molecule has 0 N–H and O–H groups in total. The van der Waals surface area contributed by atoms with Crippen molar-refractivity contribution in [3.63, 3.8) is 0 Å². The van der Waals surface area contributed by atoms with Crippen molar-refractivity contribution < 1.29 is 0 Å². The third kappa shape index (κ3) is 3.14. The first-order valence-corrected chi connectivity index (χ1v) is 15.0. The molecule has 198 valence electrons. The molecular formula is C34H38Cl2N2. The van der Waals surface area contributed by atoms with E-state index in [4.69, 9.17) is 23.2 Å². The van der Waals surface area contributed by atoms with Crippen LogP contribution in [0.2, 0.25) is 10.3 Å². The minimum atomic E-state index is 0.0257. The number of halogens is 2. The van der Waals surface area contributed by atoms with Crippen molar-refractivity contribution in [3.05, 3.63) is 90.2 Å². The lowest BCUT2D eigenvalue weighted by atomic mass is 9.55. The maximum Gasteiger partial charge on any atom is 0.156 e. The van der Waals surface area contributed by atoms with Crippen LogP contribution < -0.4 is 0 Å². The normalized spacial score (nSPS) is 26.1. The van der Waals surface area contributed by atoms with Gasteiger partial charge >= 0.3 is 0 Å². The molecule has 0 unspecified atom stereocenters. The highest BCUT2D eigenvalue weighted by molar-refractivity contribution is 6.33. The largest absolute Gasteiger partial charge is 0.156 e. The predicted molar refractivity (Wildman–Crippen MR) is 157 cm³/mol. The van der Waals surface area contributed by atoms with E-state index in [1.165, 1.54) is 70.2 Å². The van der Waals surface area contributed by atoms with Crippen molar-refractivity contribution in [2.24, 2.45) is 0 Å². The molecule has 0 atom stereocenters. The smallest absolute Gasteiger partial charge is 0.137 e. The van der Waals surface area contributed by atoms with Crippen molar-refractivity contribution in [2.75, 3.05) is 0 Å². The van der Waals surface area contributed by atoms with Crippen molar-refractivity contribution in [2.45, 2.75) is 115 Å². The molecule has 0 amide bonds. The average molecular weight is 546 g/mol. The lowest BCUT2D eigenvalue weighted by molar-refractivity contribution is 0.329. The first-order valence-electron chi connectivity index (χ1n) is 14.2. The van der Waals surface area contributed by atoms with E-state index in [-0.39, 0.29) is 33.5 Å². The Balaban J connectivity index is 1.59. The maximum atomic E-state index is 6.90. The summed E-state index contributed by atoms with van der Waals surface area (Å²) in [6.45, 7) is 19.3. The average Bonchev–Trinajstić information content (AvgIpc) is 2.85. The van der Waals surface area contributed by atoms with Crippen molar-refractivity contribution >= 4 is 23.2 Å². The van der Waals surface area contributed by atoms with E-state index >= 15 is 0 Å². The summed E-state index contributed by atoms with van der Waals surface area (Å²) in [5, 5.41) is 9.62. The van der Waals surface area contributed by atoms with Gasteiger partial charge in [0.25, 0.3) is 0 Å². The van der Waals surface area contributed by atoms with E-state index < -0.39 is 0 Å². The highest BCUT2D eigenvalue weighted by Gasteiger charge is 2.49. The Morgan fingerprint density at radius 3 is 0.974 bits per heavy atom. The lowest BCUT2D eigenvalue weighted by Crippen LogP contribution is -2.38. The minimum absolute atomic E-state index is 0.0257. The molecule has 1 aromatic heterocycles. The number of hydrogen-bond acceptors (Lipinski definition) is 2. The van der Waals surface area contributed by atoms with Gasteiger partial charge in [-0.1, -0.05) is 103 Å².